The second-order valence-electron chi connectivity index (χ2n) is 1.53. The summed E-state index contributed by atoms with van der Waals surface area (Å²) in [6, 6.07) is 0. The Bertz CT molecular complexity index is 285. The molecule has 0 spiro atoms. The number of hydrogen-bond donors (Lipinski definition) is 0. The van der Waals surface area contributed by atoms with Crippen molar-refractivity contribution < 1.29 is 0 Å². The molecule has 1 rings (SSSR count). The number of allylic oxidation sites excluding steroid dienone is 3. The average molecular weight is 132 g/mol. The highest BCUT2D eigenvalue weighted by molar-refractivity contribution is 5.57. The monoisotopic (exact) mass is 132 g/mol. The normalized spacial score (nSPS) is 13.8. The standard InChI is InChI=1S/C6H4N4/c7-10-9-6-3-1-2-4-8-5-6/h1-3,5H. The maximum absolute atomic E-state index is 8.02. The largest absolute Gasteiger partial charge is 0.214 e. The van der Waals surface area contributed by atoms with E-state index in [2.05, 4.69) is 20.9 Å². The van der Waals surface area contributed by atoms with Gasteiger partial charge in [0.25, 0.3) is 0 Å². The van der Waals surface area contributed by atoms with Crippen molar-refractivity contribution in [1.29, 1.82) is 0 Å². The topological polar surface area (TPSA) is 61.1 Å². The molecule has 1 aliphatic heterocycles. The fraction of sp³-hybridized carbons (Fsp3) is 0. The van der Waals surface area contributed by atoms with Gasteiger partial charge in [-0.2, -0.15) is 0 Å². The molecular formula is C6H4N4. The lowest BCUT2D eigenvalue weighted by Crippen LogP contribution is -1.63. The molecule has 0 saturated heterocycles. The van der Waals surface area contributed by atoms with Crippen LogP contribution in [0.25, 0.3) is 10.4 Å². The third-order valence-corrected chi connectivity index (χ3v) is 0.869. The van der Waals surface area contributed by atoms with E-state index in [-0.39, 0.29) is 0 Å². The minimum absolute atomic E-state index is 0.490. The lowest BCUT2D eigenvalue weighted by Gasteiger charge is -1.81. The number of nitrogens with zero attached hydrogens (tertiary/aromatic N) is 4. The van der Waals surface area contributed by atoms with Crippen LogP contribution in [-0.4, -0.2) is 5.87 Å². The molecule has 0 aromatic rings. The van der Waals surface area contributed by atoms with Crippen molar-refractivity contribution in [2.75, 3.05) is 0 Å². The molecule has 0 aromatic carbocycles. The van der Waals surface area contributed by atoms with Crippen molar-refractivity contribution in [3.05, 3.63) is 40.6 Å². The SMILES string of the molecule is [N-]=[N+]=NC1=CN=C=CC=C1. The van der Waals surface area contributed by atoms with Crippen LogP contribution in [0.2, 0.25) is 0 Å². The van der Waals surface area contributed by atoms with Crippen LogP contribution in [0.5, 0.6) is 0 Å². The second-order valence-corrected chi connectivity index (χ2v) is 1.53. The summed E-state index contributed by atoms with van der Waals surface area (Å²) in [5.41, 5.74) is 8.51. The summed E-state index contributed by atoms with van der Waals surface area (Å²) in [6.07, 6.45) is 6.44. The van der Waals surface area contributed by atoms with Crippen LogP contribution in [-0.2, 0) is 0 Å². The average Bonchev–Trinajstić information content (AvgIpc) is 2.17. The van der Waals surface area contributed by atoms with Gasteiger partial charge in [0, 0.05) is 11.1 Å². The maximum Gasteiger partial charge on any atom is 0.0566 e. The van der Waals surface area contributed by atoms with Gasteiger partial charge in [0.05, 0.1) is 5.70 Å². The van der Waals surface area contributed by atoms with E-state index in [4.69, 9.17) is 5.53 Å². The molecule has 0 fully saturated rings. The van der Waals surface area contributed by atoms with Crippen LogP contribution >= 0.6 is 0 Å². The van der Waals surface area contributed by atoms with Gasteiger partial charge < -0.3 is 0 Å². The third-order valence-electron chi connectivity index (χ3n) is 0.869. The van der Waals surface area contributed by atoms with E-state index in [0.29, 0.717) is 5.70 Å². The molecule has 48 valence electrons. The number of azide groups is 1. The molecule has 0 saturated carbocycles. The Morgan fingerprint density at radius 3 is 3.40 bits per heavy atom. The zero-order chi connectivity index (χ0) is 7.23. The van der Waals surface area contributed by atoms with Crippen molar-refractivity contribution in [3.63, 3.8) is 0 Å². The predicted octanol–water partition coefficient (Wildman–Crippen LogP) is 1.93. The highest BCUT2D eigenvalue weighted by Crippen LogP contribution is 2.00. The number of aliphatic imine (C=N–C) groups is 1. The molecule has 0 N–H and O–H groups in total. The summed E-state index contributed by atoms with van der Waals surface area (Å²) in [7, 11) is 0. The van der Waals surface area contributed by atoms with E-state index in [0.717, 1.165) is 0 Å². The van der Waals surface area contributed by atoms with E-state index in [1.165, 1.54) is 6.20 Å². The molecule has 0 radical (unpaired) electrons. The first-order valence-electron chi connectivity index (χ1n) is 2.64. The molecule has 0 amide bonds. The summed E-state index contributed by atoms with van der Waals surface area (Å²) in [4.78, 5) is 6.28. The minimum atomic E-state index is 0.490. The van der Waals surface area contributed by atoms with E-state index >= 15 is 0 Å². The van der Waals surface area contributed by atoms with Crippen LogP contribution in [0.4, 0.5) is 0 Å². The quantitative estimate of drug-likeness (QED) is 0.297. The molecule has 1 heterocycles. The molecule has 4 heteroatoms. The fourth-order valence-corrected chi connectivity index (χ4v) is 0.490. The Labute approximate surface area is 57.5 Å². The molecule has 1 aliphatic rings. The van der Waals surface area contributed by atoms with Gasteiger partial charge in [-0.05, 0) is 17.5 Å². The van der Waals surface area contributed by atoms with Gasteiger partial charge in [0.1, 0.15) is 0 Å². The highest BCUT2D eigenvalue weighted by atomic mass is 15.1. The zero-order valence-electron chi connectivity index (χ0n) is 5.10. The molecular weight excluding hydrogens is 128 g/mol. The van der Waals surface area contributed by atoms with Gasteiger partial charge in [-0.1, -0.05) is 17.3 Å². The van der Waals surface area contributed by atoms with E-state index in [1.807, 2.05) is 0 Å². The van der Waals surface area contributed by atoms with E-state index in [1.54, 1.807) is 18.2 Å². The van der Waals surface area contributed by atoms with Crippen LogP contribution in [0.3, 0.4) is 0 Å². The predicted molar refractivity (Wildman–Crippen MR) is 38.4 cm³/mol. The van der Waals surface area contributed by atoms with Gasteiger partial charge in [-0.15, -0.1) is 0 Å². The van der Waals surface area contributed by atoms with Crippen molar-refractivity contribution in [3.8, 4) is 0 Å². The second kappa shape index (κ2) is 3.30. The zero-order valence-corrected chi connectivity index (χ0v) is 5.10. The molecule has 0 bridgehead atoms. The van der Waals surface area contributed by atoms with Gasteiger partial charge in [-0.3, -0.25) is 0 Å². The summed E-state index contributed by atoms with van der Waals surface area (Å²) < 4.78 is 0. The lowest BCUT2D eigenvalue weighted by molar-refractivity contribution is 1.33. The van der Waals surface area contributed by atoms with Crippen molar-refractivity contribution in [2.45, 2.75) is 0 Å². The van der Waals surface area contributed by atoms with Gasteiger partial charge >= 0.3 is 0 Å². The first-order chi connectivity index (χ1) is 4.93. The van der Waals surface area contributed by atoms with Gasteiger partial charge in [-0.25, -0.2) is 4.99 Å². The van der Waals surface area contributed by atoms with Crippen molar-refractivity contribution in [2.24, 2.45) is 10.1 Å². The van der Waals surface area contributed by atoms with Crippen LogP contribution in [0, 0.1) is 0 Å². The fourth-order valence-electron chi connectivity index (χ4n) is 0.490. The molecule has 0 unspecified atom stereocenters. The van der Waals surface area contributed by atoms with E-state index < -0.39 is 0 Å². The van der Waals surface area contributed by atoms with Crippen LogP contribution in [0.15, 0.2) is 40.2 Å². The smallest absolute Gasteiger partial charge is 0.0566 e. The highest BCUT2D eigenvalue weighted by Gasteiger charge is 1.84. The van der Waals surface area contributed by atoms with E-state index in [9.17, 15) is 0 Å². The Morgan fingerprint density at radius 2 is 2.60 bits per heavy atom. The molecule has 0 atom stereocenters. The summed E-state index contributed by atoms with van der Waals surface area (Å²) >= 11 is 0. The van der Waals surface area contributed by atoms with Gasteiger partial charge in [0.15, 0.2) is 0 Å². The summed E-state index contributed by atoms with van der Waals surface area (Å²) in [6.45, 7) is 0. The maximum atomic E-state index is 8.02. The van der Waals surface area contributed by atoms with Crippen molar-refractivity contribution in [1.82, 2.24) is 0 Å². The number of hydrogen-bond acceptors (Lipinski definition) is 2. The van der Waals surface area contributed by atoms with Crippen LogP contribution in [0.1, 0.15) is 0 Å². The number of rotatable bonds is 1. The molecule has 0 aliphatic carbocycles. The Kier molecular flexibility index (Phi) is 2.10. The first-order valence-corrected chi connectivity index (χ1v) is 2.64. The van der Waals surface area contributed by atoms with Gasteiger partial charge in [0.2, 0.25) is 0 Å². The minimum Gasteiger partial charge on any atom is -0.214 e. The third kappa shape index (κ3) is 1.63. The Morgan fingerprint density at radius 1 is 1.70 bits per heavy atom. The Hall–Kier alpha value is -1.76. The first kappa shape index (κ1) is 6.36. The summed E-state index contributed by atoms with van der Waals surface area (Å²) in [5.74, 6) is 2.59. The van der Waals surface area contributed by atoms with Crippen LogP contribution < -0.4 is 0 Å². The van der Waals surface area contributed by atoms with Crippen molar-refractivity contribution >= 4 is 5.87 Å². The Balaban J connectivity index is 2.91. The molecule has 10 heavy (non-hydrogen) atoms. The molecule has 0 aromatic heterocycles. The molecule has 4 nitrogen and oxygen atoms in total. The summed E-state index contributed by atoms with van der Waals surface area (Å²) in [5, 5.41) is 3.34. The lowest BCUT2D eigenvalue weighted by atomic mass is 10.4.